The molecule has 0 bridgehead atoms. The van der Waals surface area contributed by atoms with Crippen molar-refractivity contribution in [2.24, 2.45) is 17.8 Å². The highest BCUT2D eigenvalue weighted by molar-refractivity contribution is 4.79. The fourth-order valence-electron chi connectivity index (χ4n) is 2.08. The second-order valence-corrected chi connectivity index (χ2v) is 5.34. The van der Waals surface area contributed by atoms with Crippen LogP contribution in [-0.4, -0.2) is 38.1 Å². The Labute approximate surface area is 89.1 Å². The lowest BCUT2D eigenvalue weighted by atomic mass is 9.97. The van der Waals surface area contributed by atoms with Crippen LogP contribution in [0.15, 0.2) is 0 Å². The van der Waals surface area contributed by atoms with E-state index in [0.29, 0.717) is 0 Å². The molecule has 0 aliphatic carbocycles. The van der Waals surface area contributed by atoms with E-state index < -0.39 is 0 Å². The maximum absolute atomic E-state index is 3.47. The van der Waals surface area contributed by atoms with E-state index in [0.717, 1.165) is 17.8 Å². The van der Waals surface area contributed by atoms with Gasteiger partial charge in [0.05, 0.1) is 0 Å². The van der Waals surface area contributed by atoms with Gasteiger partial charge in [0.1, 0.15) is 0 Å². The summed E-state index contributed by atoms with van der Waals surface area (Å²) in [5.41, 5.74) is 0. The lowest BCUT2D eigenvalue weighted by molar-refractivity contribution is 0.247. The maximum atomic E-state index is 3.47. The molecule has 14 heavy (non-hydrogen) atoms. The van der Waals surface area contributed by atoms with Crippen LogP contribution in [0.5, 0.6) is 0 Å². The molecule has 84 valence electrons. The van der Waals surface area contributed by atoms with Gasteiger partial charge in [-0.05, 0) is 50.9 Å². The SMILES string of the molecule is CC(C)CCN(C)CC1CNCC1C. The molecule has 1 aliphatic heterocycles. The molecule has 1 heterocycles. The predicted molar refractivity (Wildman–Crippen MR) is 62.5 cm³/mol. The first-order chi connectivity index (χ1) is 6.59. The van der Waals surface area contributed by atoms with Gasteiger partial charge in [0.2, 0.25) is 0 Å². The van der Waals surface area contributed by atoms with Crippen molar-refractivity contribution in [1.29, 1.82) is 0 Å². The smallest absolute Gasteiger partial charge is 0.00218 e. The van der Waals surface area contributed by atoms with Gasteiger partial charge < -0.3 is 10.2 Å². The number of rotatable bonds is 5. The van der Waals surface area contributed by atoms with Crippen molar-refractivity contribution < 1.29 is 0 Å². The minimum absolute atomic E-state index is 0.830. The van der Waals surface area contributed by atoms with Gasteiger partial charge in [0.15, 0.2) is 0 Å². The van der Waals surface area contributed by atoms with E-state index in [1.54, 1.807) is 0 Å². The Balaban J connectivity index is 2.16. The van der Waals surface area contributed by atoms with Crippen LogP contribution in [0.25, 0.3) is 0 Å². The van der Waals surface area contributed by atoms with E-state index in [9.17, 15) is 0 Å². The van der Waals surface area contributed by atoms with Crippen molar-refractivity contribution in [1.82, 2.24) is 10.2 Å². The van der Waals surface area contributed by atoms with Crippen LogP contribution in [0.1, 0.15) is 27.2 Å². The molecule has 0 aromatic heterocycles. The number of nitrogens with zero attached hydrogens (tertiary/aromatic N) is 1. The average Bonchev–Trinajstić information content (AvgIpc) is 2.49. The van der Waals surface area contributed by atoms with Crippen LogP contribution in [0.4, 0.5) is 0 Å². The third-order valence-corrected chi connectivity index (χ3v) is 3.31. The molecule has 0 radical (unpaired) electrons. The van der Waals surface area contributed by atoms with Crippen molar-refractivity contribution in [3.8, 4) is 0 Å². The summed E-state index contributed by atoms with van der Waals surface area (Å²) in [6, 6.07) is 0. The highest BCUT2D eigenvalue weighted by atomic mass is 15.1. The molecule has 1 N–H and O–H groups in total. The van der Waals surface area contributed by atoms with Gasteiger partial charge in [0, 0.05) is 6.54 Å². The summed E-state index contributed by atoms with van der Waals surface area (Å²) < 4.78 is 0. The Morgan fingerprint density at radius 3 is 2.57 bits per heavy atom. The molecular formula is C12H26N2. The quantitative estimate of drug-likeness (QED) is 0.725. The first-order valence-electron chi connectivity index (χ1n) is 5.99. The Morgan fingerprint density at radius 2 is 2.07 bits per heavy atom. The van der Waals surface area contributed by atoms with Crippen LogP contribution in [0.2, 0.25) is 0 Å². The van der Waals surface area contributed by atoms with Gasteiger partial charge in [-0.1, -0.05) is 20.8 Å². The van der Waals surface area contributed by atoms with E-state index >= 15 is 0 Å². The molecule has 0 aromatic carbocycles. The molecule has 2 nitrogen and oxygen atoms in total. The van der Waals surface area contributed by atoms with Crippen molar-refractivity contribution in [2.75, 3.05) is 33.2 Å². The minimum Gasteiger partial charge on any atom is -0.316 e. The Bertz CT molecular complexity index is 156. The van der Waals surface area contributed by atoms with Crippen molar-refractivity contribution >= 4 is 0 Å². The first-order valence-corrected chi connectivity index (χ1v) is 5.99. The van der Waals surface area contributed by atoms with E-state index in [4.69, 9.17) is 0 Å². The van der Waals surface area contributed by atoms with Crippen LogP contribution in [0, 0.1) is 17.8 Å². The molecule has 1 aliphatic rings. The standard InChI is InChI=1S/C12H26N2/c1-10(2)5-6-14(4)9-12-8-13-7-11(12)3/h10-13H,5-9H2,1-4H3. The zero-order valence-electron chi connectivity index (χ0n) is 10.2. The van der Waals surface area contributed by atoms with Crippen LogP contribution < -0.4 is 5.32 Å². The van der Waals surface area contributed by atoms with Crippen molar-refractivity contribution in [2.45, 2.75) is 27.2 Å². The Kier molecular flexibility index (Phi) is 4.90. The van der Waals surface area contributed by atoms with Crippen molar-refractivity contribution in [3.05, 3.63) is 0 Å². The lowest BCUT2D eigenvalue weighted by Gasteiger charge is -2.23. The minimum atomic E-state index is 0.830. The van der Waals surface area contributed by atoms with Gasteiger partial charge in [-0.25, -0.2) is 0 Å². The van der Waals surface area contributed by atoms with Crippen LogP contribution in [-0.2, 0) is 0 Å². The van der Waals surface area contributed by atoms with E-state index in [1.807, 2.05) is 0 Å². The van der Waals surface area contributed by atoms with E-state index in [-0.39, 0.29) is 0 Å². The normalized spacial score (nSPS) is 27.9. The Morgan fingerprint density at radius 1 is 1.36 bits per heavy atom. The molecule has 2 heteroatoms. The van der Waals surface area contributed by atoms with Gasteiger partial charge in [-0.3, -0.25) is 0 Å². The average molecular weight is 198 g/mol. The molecule has 2 atom stereocenters. The zero-order valence-corrected chi connectivity index (χ0v) is 10.2. The molecular weight excluding hydrogens is 172 g/mol. The molecule has 0 spiro atoms. The second-order valence-electron chi connectivity index (χ2n) is 5.34. The highest BCUT2D eigenvalue weighted by Crippen LogP contribution is 2.16. The van der Waals surface area contributed by atoms with E-state index in [1.165, 1.54) is 32.6 Å². The summed E-state index contributed by atoms with van der Waals surface area (Å²) in [5.74, 6) is 2.56. The summed E-state index contributed by atoms with van der Waals surface area (Å²) in [7, 11) is 2.26. The first kappa shape index (κ1) is 12.0. The predicted octanol–water partition coefficient (Wildman–Crippen LogP) is 1.82. The van der Waals surface area contributed by atoms with Crippen molar-refractivity contribution in [3.63, 3.8) is 0 Å². The summed E-state index contributed by atoms with van der Waals surface area (Å²) in [6.07, 6.45) is 1.32. The summed E-state index contributed by atoms with van der Waals surface area (Å²) >= 11 is 0. The number of hydrogen-bond acceptors (Lipinski definition) is 2. The third-order valence-electron chi connectivity index (χ3n) is 3.31. The second kappa shape index (κ2) is 5.72. The topological polar surface area (TPSA) is 15.3 Å². The van der Waals surface area contributed by atoms with Crippen LogP contribution >= 0.6 is 0 Å². The largest absolute Gasteiger partial charge is 0.316 e. The Hall–Kier alpha value is -0.0800. The van der Waals surface area contributed by atoms with E-state index in [2.05, 4.69) is 38.0 Å². The molecule has 2 unspecified atom stereocenters. The fraction of sp³-hybridized carbons (Fsp3) is 1.00. The molecule has 1 fully saturated rings. The number of hydrogen-bond donors (Lipinski definition) is 1. The molecule has 1 rings (SSSR count). The van der Waals surface area contributed by atoms with Gasteiger partial charge in [0.25, 0.3) is 0 Å². The summed E-state index contributed by atoms with van der Waals surface area (Å²) in [4.78, 5) is 2.49. The lowest BCUT2D eigenvalue weighted by Crippen LogP contribution is -2.30. The monoisotopic (exact) mass is 198 g/mol. The molecule has 0 amide bonds. The summed E-state index contributed by atoms with van der Waals surface area (Å²) in [6.45, 7) is 11.9. The maximum Gasteiger partial charge on any atom is 0.00218 e. The van der Waals surface area contributed by atoms with Gasteiger partial charge >= 0.3 is 0 Å². The molecule has 0 aromatic rings. The highest BCUT2D eigenvalue weighted by Gasteiger charge is 2.23. The molecule has 0 saturated carbocycles. The summed E-state index contributed by atoms with van der Waals surface area (Å²) in [5, 5.41) is 3.47. The van der Waals surface area contributed by atoms with Gasteiger partial charge in [-0.15, -0.1) is 0 Å². The zero-order chi connectivity index (χ0) is 10.6. The van der Waals surface area contributed by atoms with Crippen LogP contribution in [0.3, 0.4) is 0 Å². The molecule has 1 saturated heterocycles. The van der Waals surface area contributed by atoms with Gasteiger partial charge in [-0.2, -0.15) is 0 Å². The third kappa shape index (κ3) is 3.97. The number of nitrogens with one attached hydrogen (secondary N) is 1. The fourth-order valence-corrected chi connectivity index (χ4v) is 2.08.